The Morgan fingerprint density at radius 2 is 2.46 bits per heavy atom. The van der Waals surface area contributed by atoms with Crippen molar-refractivity contribution >= 4 is 17.2 Å². The summed E-state index contributed by atoms with van der Waals surface area (Å²) in [6.07, 6.45) is 3.43. The smallest absolute Gasteiger partial charge is 0.166 e. The normalized spacial score (nSPS) is 11.2. The molecule has 0 aliphatic heterocycles. The monoisotopic (exact) mass is 175 g/mol. The maximum atomic E-state index is 4.97. The van der Waals surface area contributed by atoms with E-state index in [9.17, 15) is 0 Å². The molecule has 0 bridgehead atoms. The highest BCUT2D eigenvalue weighted by atomic mass is 16.5. The fourth-order valence-corrected chi connectivity index (χ4v) is 1.11. The first-order chi connectivity index (χ1) is 6.40. The summed E-state index contributed by atoms with van der Waals surface area (Å²) in [6, 6.07) is 5.76. The molecule has 0 saturated heterocycles. The Morgan fingerprint density at radius 3 is 3.31 bits per heavy atom. The fourth-order valence-electron chi connectivity index (χ4n) is 1.11. The largest absolute Gasteiger partial charge is 0.356 e. The zero-order valence-electron chi connectivity index (χ0n) is 7.19. The zero-order valence-corrected chi connectivity index (χ0v) is 7.19. The van der Waals surface area contributed by atoms with Crippen molar-refractivity contribution in [3.8, 4) is 0 Å². The van der Waals surface area contributed by atoms with Gasteiger partial charge in [0, 0.05) is 12.4 Å². The summed E-state index contributed by atoms with van der Waals surface area (Å²) in [7, 11) is 1.76. The molecule has 0 unspecified atom stereocenters. The van der Waals surface area contributed by atoms with Gasteiger partial charge in [-0.25, -0.2) is 0 Å². The summed E-state index contributed by atoms with van der Waals surface area (Å²) in [4.78, 5) is 0. The lowest BCUT2D eigenvalue weighted by atomic mass is 10.2. The third kappa shape index (κ3) is 1.51. The van der Waals surface area contributed by atoms with Gasteiger partial charge in [0.15, 0.2) is 5.58 Å². The van der Waals surface area contributed by atoms with Crippen LogP contribution >= 0.6 is 0 Å². The van der Waals surface area contributed by atoms with Crippen molar-refractivity contribution in [3.63, 3.8) is 0 Å². The van der Waals surface area contributed by atoms with Crippen molar-refractivity contribution in [2.24, 2.45) is 5.10 Å². The van der Waals surface area contributed by atoms with Crippen LogP contribution in [0.4, 0.5) is 0 Å². The molecule has 0 atom stereocenters. The van der Waals surface area contributed by atoms with Crippen LogP contribution in [0.1, 0.15) is 5.56 Å². The molecule has 0 aliphatic carbocycles. The number of nitrogens with zero attached hydrogens (tertiary/aromatic N) is 2. The van der Waals surface area contributed by atoms with Gasteiger partial charge in [-0.15, -0.1) is 0 Å². The molecule has 1 N–H and O–H groups in total. The minimum atomic E-state index is 0.793. The third-order valence-corrected chi connectivity index (χ3v) is 1.72. The Kier molecular flexibility index (Phi) is 1.96. The molecule has 0 saturated carbocycles. The number of fused-ring (bicyclic) bond motifs is 1. The second-order valence-corrected chi connectivity index (χ2v) is 2.60. The summed E-state index contributed by atoms with van der Waals surface area (Å²) in [5.74, 6) is 0. The second-order valence-electron chi connectivity index (χ2n) is 2.60. The van der Waals surface area contributed by atoms with Gasteiger partial charge in [0.25, 0.3) is 0 Å². The summed E-state index contributed by atoms with van der Waals surface area (Å²) >= 11 is 0. The van der Waals surface area contributed by atoms with E-state index in [-0.39, 0.29) is 0 Å². The van der Waals surface area contributed by atoms with Crippen LogP contribution in [0.5, 0.6) is 0 Å². The highest BCUT2D eigenvalue weighted by molar-refractivity contribution is 5.87. The van der Waals surface area contributed by atoms with Crippen LogP contribution < -0.4 is 5.43 Å². The Hall–Kier alpha value is -1.84. The number of rotatable bonds is 2. The van der Waals surface area contributed by atoms with E-state index >= 15 is 0 Å². The predicted molar refractivity (Wildman–Crippen MR) is 50.7 cm³/mol. The van der Waals surface area contributed by atoms with Gasteiger partial charge in [-0.1, -0.05) is 5.16 Å². The molecule has 4 nitrogen and oxygen atoms in total. The summed E-state index contributed by atoms with van der Waals surface area (Å²) in [5, 5.41) is 8.58. The Bertz CT molecular complexity index is 433. The van der Waals surface area contributed by atoms with Gasteiger partial charge in [-0.05, 0) is 23.8 Å². The van der Waals surface area contributed by atoms with Crippen molar-refractivity contribution in [1.82, 2.24) is 10.6 Å². The number of benzene rings is 1. The van der Waals surface area contributed by atoms with Crippen LogP contribution in [-0.2, 0) is 0 Å². The van der Waals surface area contributed by atoms with Gasteiger partial charge < -0.3 is 9.95 Å². The Morgan fingerprint density at radius 1 is 1.54 bits per heavy atom. The van der Waals surface area contributed by atoms with Crippen molar-refractivity contribution in [2.75, 3.05) is 7.05 Å². The molecule has 66 valence electrons. The second kappa shape index (κ2) is 3.26. The summed E-state index contributed by atoms with van der Waals surface area (Å²) in [6.45, 7) is 0. The van der Waals surface area contributed by atoms with E-state index in [1.54, 1.807) is 19.5 Å². The molecule has 1 aromatic heterocycles. The quantitative estimate of drug-likeness (QED) is 0.554. The molecule has 0 aliphatic rings. The standard InChI is InChI=1S/C9H9N3O/c1-10-11-5-7-2-3-9-8(4-7)6-12-13-9/h2-6,10H,1H3/b11-5+. The van der Waals surface area contributed by atoms with Crippen LogP contribution in [0.15, 0.2) is 34.0 Å². The van der Waals surface area contributed by atoms with E-state index < -0.39 is 0 Å². The number of nitrogens with one attached hydrogen (secondary N) is 1. The van der Waals surface area contributed by atoms with E-state index in [0.717, 1.165) is 16.5 Å². The lowest BCUT2D eigenvalue weighted by Crippen LogP contribution is -1.94. The average Bonchev–Trinajstić information content (AvgIpc) is 2.61. The van der Waals surface area contributed by atoms with Crippen LogP contribution in [0.25, 0.3) is 11.0 Å². The zero-order chi connectivity index (χ0) is 9.10. The number of aromatic nitrogens is 1. The molecule has 0 amide bonds. The highest BCUT2D eigenvalue weighted by Gasteiger charge is 1.97. The van der Waals surface area contributed by atoms with Crippen molar-refractivity contribution in [1.29, 1.82) is 0 Å². The summed E-state index contributed by atoms with van der Waals surface area (Å²) in [5.41, 5.74) is 4.50. The van der Waals surface area contributed by atoms with Crippen molar-refractivity contribution < 1.29 is 4.52 Å². The van der Waals surface area contributed by atoms with E-state index in [4.69, 9.17) is 4.52 Å². The molecule has 13 heavy (non-hydrogen) atoms. The molecule has 0 spiro atoms. The van der Waals surface area contributed by atoms with E-state index in [1.165, 1.54) is 0 Å². The molecule has 1 aromatic carbocycles. The molecule has 4 heteroatoms. The van der Waals surface area contributed by atoms with Gasteiger partial charge >= 0.3 is 0 Å². The lowest BCUT2D eigenvalue weighted by Gasteiger charge is -1.91. The number of hydrogen-bond acceptors (Lipinski definition) is 4. The number of hydrogen-bond donors (Lipinski definition) is 1. The van der Waals surface area contributed by atoms with Gasteiger partial charge in [-0.3, -0.25) is 0 Å². The minimum absolute atomic E-state index is 0.793. The molecule has 0 radical (unpaired) electrons. The third-order valence-electron chi connectivity index (χ3n) is 1.72. The fraction of sp³-hybridized carbons (Fsp3) is 0.111. The van der Waals surface area contributed by atoms with Crippen LogP contribution in [0, 0.1) is 0 Å². The molecule has 2 aromatic rings. The maximum Gasteiger partial charge on any atom is 0.166 e. The van der Waals surface area contributed by atoms with Crippen LogP contribution in [0.2, 0.25) is 0 Å². The van der Waals surface area contributed by atoms with Gasteiger partial charge in [0.1, 0.15) is 0 Å². The van der Waals surface area contributed by atoms with Gasteiger partial charge in [0.05, 0.1) is 12.4 Å². The SMILES string of the molecule is CN/N=C/c1ccc2oncc2c1. The molecule has 1 heterocycles. The number of hydrazone groups is 1. The van der Waals surface area contributed by atoms with E-state index in [0.29, 0.717) is 0 Å². The first-order valence-corrected chi connectivity index (χ1v) is 3.94. The van der Waals surface area contributed by atoms with E-state index in [1.807, 2.05) is 18.2 Å². The lowest BCUT2D eigenvalue weighted by molar-refractivity contribution is 0.456. The van der Waals surface area contributed by atoms with Crippen LogP contribution in [0.3, 0.4) is 0 Å². The Balaban J connectivity index is 2.42. The van der Waals surface area contributed by atoms with Gasteiger partial charge in [0.2, 0.25) is 0 Å². The molecule has 0 fully saturated rings. The minimum Gasteiger partial charge on any atom is -0.356 e. The Labute approximate surface area is 75.2 Å². The molecule has 2 rings (SSSR count). The average molecular weight is 175 g/mol. The first-order valence-electron chi connectivity index (χ1n) is 3.94. The summed E-state index contributed by atoms with van der Waals surface area (Å²) < 4.78 is 4.97. The van der Waals surface area contributed by atoms with Crippen molar-refractivity contribution in [3.05, 3.63) is 30.0 Å². The van der Waals surface area contributed by atoms with E-state index in [2.05, 4.69) is 15.7 Å². The van der Waals surface area contributed by atoms with Crippen LogP contribution in [-0.4, -0.2) is 18.4 Å². The maximum absolute atomic E-state index is 4.97. The topological polar surface area (TPSA) is 50.4 Å². The van der Waals surface area contributed by atoms with Gasteiger partial charge in [-0.2, -0.15) is 5.10 Å². The molecular weight excluding hydrogens is 166 g/mol. The highest BCUT2D eigenvalue weighted by Crippen LogP contribution is 2.13. The first kappa shape index (κ1) is 7.79. The van der Waals surface area contributed by atoms with Crippen molar-refractivity contribution in [2.45, 2.75) is 0 Å². The predicted octanol–water partition coefficient (Wildman–Crippen LogP) is 1.38. The molecular formula is C9H9N3O.